The summed E-state index contributed by atoms with van der Waals surface area (Å²) < 4.78 is 0.366. The van der Waals surface area contributed by atoms with Crippen LogP contribution in [0.5, 0.6) is 0 Å². The molecule has 0 saturated heterocycles. The van der Waals surface area contributed by atoms with Crippen LogP contribution in [0, 0.1) is 10.1 Å². The number of nitrogens with zero attached hydrogens (tertiary/aromatic N) is 1. The Hall–Kier alpha value is -1.69. The number of carboxylic acid groups (broad SMARTS) is 1. The maximum Gasteiger partial charge on any atom is 0.329 e. The Labute approximate surface area is 93.3 Å². The second-order valence-corrected chi connectivity index (χ2v) is 3.49. The highest BCUT2D eigenvalue weighted by atomic mass is 79.9. The first kappa shape index (κ1) is 11.4. The van der Waals surface area contributed by atoms with Crippen molar-refractivity contribution in [2.75, 3.05) is 0 Å². The first-order valence-corrected chi connectivity index (χ1v) is 4.65. The Morgan fingerprint density at radius 2 is 1.93 bits per heavy atom. The number of aliphatic carboxylic acids is 1. The first-order valence-electron chi connectivity index (χ1n) is 3.85. The highest BCUT2D eigenvalue weighted by molar-refractivity contribution is 9.15. The number of carboxylic acids is 1. The molecule has 0 aromatic heterocycles. The second kappa shape index (κ2) is 4.70. The molecule has 0 spiro atoms. The molecule has 0 bridgehead atoms. The average molecular weight is 272 g/mol. The Morgan fingerprint density at radius 1 is 1.40 bits per heavy atom. The van der Waals surface area contributed by atoms with E-state index < -0.39 is 10.9 Å². The maximum atomic E-state index is 10.3. The molecule has 0 aliphatic heterocycles. The van der Waals surface area contributed by atoms with Crippen molar-refractivity contribution in [3.63, 3.8) is 0 Å². The van der Waals surface area contributed by atoms with Crippen LogP contribution in [0.1, 0.15) is 5.56 Å². The van der Waals surface area contributed by atoms with Gasteiger partial charge in [-0.25, -0.2) is 4.79 Å². The van der Waals surface area contributed by atoms with E-state index in [0.29, 0.717) is 10.0 Å². The number of nitro groups is 1. The van der Waals surface area contributed by atoms with Gasteiger partial charge < -0.3 is 5.11 Å². The van der Waals surface area contributed by atoms with Gasteiger partial charge in [0.1, 0.15) is 0 Å². The van der Waals surface area contributed by atoms with Crippen molar-refractivity contribution in [3.05, 3.63) is 46.0 Å². The van der Waals surface area contributed by atoms with E-state index >= 15 is 0 Å². The topological polar surface area (TPSA) is 80.4 Å². The Morgan fingerprint density at radius 3 is 2.33 bits per heavy atom. The lowest BCUT2D eigenvalue weighted by Crippen LogP contribution is -1.90. The van der Waals surface area contributed by atoms with Crippen LogP contribution in [0.25, 0.3) is 4.48 Å². The molecule has 78 valence electrons. The molecule has 5 nitrogen and oxygen atoms in total. The fourth-order valence-corrected chi connectivity index (χ4v) is 1.39. The van der Waals surface area contributed by atoms with Crippen molar-refractivity contribution >= 4 is 32.1 Å². The molecule has 0 aliphatic rings. The van der Waals surface area contributed by atoms with Crippen LogP contribution in [-0.2, 0) is 4.79 Å². The molecule has 0 amide bonds. The molecule has 1 N–H and O–H groups in total. The van der Waals surface area contributed by atoms with E-state index in [9.17, 15) is 14.9 Å². The van der Waals surface area contributed by atoms with Crippen LogP contribution in [0.15, 0.2) is 30.3 Å². The minimum absolute atomic E-state index is 0.0330. The number of hydrogen-bond acceptors (Lipinski definition) is 3. The van der Waals surface area contributed by atoms with Crippen molar-refractivity contribution in [2.45, 2.75) is 0 Å². The van der Waals surface area contributed by atoms with Crippen LogP contribution < -0.4 is 0 Å². The number of benzene rings is 1. The summed E-state index contributed by atoms with van der Waals surface area (Å²) >= 11 is 3.06. The summed E-state index contributed by atoms with van der Waals surface area (Å²) in [6, 6.07) is 5.57. The molecule has 1 rings (SSSR count). The molecule has 15 heavy (non-hydrogen) atoms. The normalized spacial score (nSPS) is 11.1. The number of non-ortho nitro benzene ring substituents is 1. The minimum atomic E-state index is -1.08. The number of halogens is 1. The van der Waals surface area contributed by atoms with Crippen LogP contribution in [0.2, 0.25) is 0 Å². The van der Waals surface area contributed by atoms with Crippen LogP contribution in [0.4, 0.5) is 5.69 Å². The van der Waals surface area contributed by atoms with Gasteiger partial charge in [0.15, 0.2) is 0 Å². The van der Waals surface area contributed by atoms with E-state index in [4.69, 9.17) is 5.11 Å². The fourth-order valence-electron chi connectivity index (χ4n) is 0.934. The van der Waals surface area contributed by atoms with Gasteiger partial charge in [0.05, 0.1) is 4.92 Å². The summed E-state index contributed by atoms with van der Waals surface area (Å²) in [6.07, 6.45) is 0.973. The molecule has 0 atom stereocenters. The summed E-state index contributed by atoms with van der Waals surface area (Å²) in [5.74, 6) is -1.08. The fraction of sp³-hybridized carbons (Fsp3) is 0. The lowest BCUT2D eigenvalue weighted by Gasteiger charge is -1.97. The van der Waals surface area contributed by atoms with Crippen LogP contribution in [-0.4, -0.2) is 16.0 Å². The molecule has 0 saturated carbocycles. The van der Waals surface area contributed by atoms with Gasteiger partial charge in [0.2, 0.25) is 0 Å². The Bertz CT molecular complexity index is 424. The second-order valence-electron chi connectivity index (χ2n) is 2.63. The van der Waals surface area contributed by atoms with E-state index in [1.54, 1.807) is 0 Å². The summed E-state index contributed by atoms with van der Waals surface area (Å²) in [5.41, 5.74) is 0.539. The highest BCUT2D eigenvalue weighted by Crippen LogP contribution is 2.23. The Kier molecular flexibility index (Phi) is 3.56. The van der Waals surface area contributed by atoms with Gasteiger partial charge in [-0.1, -0.05) is 0 Å². The predicted octanol–water partition coefficient (Wildman–Crippen LogP) is 2.42. The summed E-state index contributed by atoms with van der Waals surface area (Å²) in [5, 5.41) is 18.8. The van der Waals surface area contributed by atoms with Gasteiger partial charge >= 0.3 is 5.97 Å². The van der Waals surface area contributed by atoms with E-state index in [-0.39, 0.29) is 5.69 Å². The monoisotopic (exact) mass is 271 g/mol. The van der Waals surface area contributed by atoms with Crippen LogP contribution in [0.3, 0.4) is 0 Å². The molecule has 0 fully saturated rings. The van der Waals surface area contributed by atoms with Crippen molar-refractivity contribution in [2.24, 2.45) is 0 Å². The number of hydrogen-bond donors (Lipinski definition) is 1. The molecule has 6 heteroatoms. The van der Waals surface area contributed by atoms with Gasteiger partial charge in [-0.05, 0) is 33.6 Å². The van der Waals surface area contributed by atoms with E-state index in [1.807, 2.05) is 0 Å². The van der Waals surface area contributed by atoms with Crippen molar-refractivity contribution < 1.29 is 14.8 Å². The molecular weight excluding hydrogens is 266 g/mol. The summed E-state index contributed by atoms with van der Waals surface area (Å²) in [7, 11) is 0. The van der Waals surface area contributed by atoms with Gasteiger partial charge in [-0.3, -0.25) is 10.1 Å². The number of rotatable bonds is 3. The zero-order valence-corrected chi connectivity index (χ0v) is 8.97. The lowest BCUT2D eigenvalue weighted by molar-refractivity contribution is -0.384. The van der Waals surface area contributed by atoms with Crippen molar-refractivity contribution in [3.8, 4) is 0 Å². The van der Waals surface area contributed by atoms with Crippen molar-refractivity contribution in [1.29, 1.82) is 0 Å². The minimum Gasteiger partial charge on any atom is -0.478 e. The van der Waals surface area contributed by atoms with E-state index in [1.165, 1.54) is 24.3 Å². The summed E-state index contributed by atoms with van der Waals surface area (Å²) in [6.45, 7) is 0. The molecule has 1 aromatic rings. The first-order chi connectivity index (χ1) is 7.00. The van der Waals surface area contributed by atoms with E-state index in [2.05, 4.69) is 15.9 Å². The summed E-state index contributed by atoms with van der Waals surface area (Å²) in [4.78, 5) is 20.2. The molecule has 0 aliphatic carbocycles. The largest absolute Gasteiger partial charge is 0.478 e. The molecule has 0 radical (unpaired) electrons. The third kappa shape index (κ3) is 3.17. The van der Waals surface area contributed by atoms with Gasteiger partial charge in [-0.15, -0.1) is 0 Å². The SMILES string of the molecule is O=C(O)C=C(Br)c1ccc([N+](=O)[O-])cc1. The lowest BCUT2D eigenvalue weighted by atomic mass is 10.2. The standard InChI is InChI=1S/C9H6BrNO4/c10-8(5-9(12)13)6-1-3-7(4-2-6)11(14)15/h1-5H,(H,12,13). The zero-order chi connectivity index (χ0) is 11.4. The van der Waals surface area contributed by atoms with Gasteiger partial charge in [-0.2, -0.15) is 0 Å². The van der Waals surface area contributed by atoms with Gasteiger partial charge in [0.25, 0.3) is 5.69 Å². The molecule has 0 unspecified atom stereocenters. The smallest absolute Gasteiger partial charge is 0.329 e. The van der Waals surface area contributed by atoms with Crippen molar-refractivity contribution in [1.82, 2.24) is 0 Å². The highest BCUT2D eigenvalue weighted by Gasteiger charge is 2.05. The number of carbonyl (C=O) groups is 1. The third-order valence-electron chi connectivity index (χ3n) is 1.60. The predicted molar refractivity (Wildman–Crippen MR) is 57.6 cm³/mol. The molecule has 0 heterocycles. The zero-order valence-electron chi connectivity index (χ0n) is 7.38. The van der Waals surface area contributed by atoms with E-state index in [0.717, 1.165) is 6.08 Å². The van der Waals surface area contributed by atoms with Gasteiger partial charge in [0, 0.05) is 22.7 Å². The third-order valence-corrected chi connectivity index (χ3v) is 2.29. The Balaban J connectivity index is 2.99. The quantitative estimate of drug-likeness (QED) is 0.520. The molecular formula is C9H6BrNO4. The van der Waals surface area contributed by atoms with Crippen LogP contribution >= 0.6 is 15.9 Å². The maximum absolute atomic E-state index is 10.3. The molecule has 1 aromatic carbocycles. The number of nitro benzene ring substituents is 1. The average Bonchev–Trinajstić information content (AvgIpc) is 2.17.